The number of rotatable bonds is 4. The molecule has 4 atom stereocenters. The van der Waals surface area contributed by atoms with E-state index >= 15 is 0 Å². The second-order valence-corrected chi connectivity index (χ2v) is 6.17. The predicted molar refractivity (Wildman–Crippen MR) is 64.1 cm³/mol. The topological polar surface area (TPSA) is 52.5 Å². The molecule has 0 aromatic carbocycles. The maximum absolute atomic E-state index is 9.66. The lowest BCUT2D eigenvalue weighted by Gasteiger charge is -2.50. The van der Waals surface area contributed by atoms with Gasteiger partial charge in [-0.15, -0.1) is 0 Å². The summed E-state index contributed by atoms with van der Waals surface area (Å²) in [5.74, 6) is 1.14. The van der Waals surface area contributed by atoms with Crippen molar-refractivity contribution < 1.29 is 10.2 Å². The Morgan fingerprint density at radius 3 is 2.50 bits per heavy atom. The smallest absolute Gasteiger partial charge is 0.0621 e. The summed E-state index contributed by atoms with van der Waals surface area (Å²) < 4.78 is 0. The monoisotopic (exact) mass is 227 g/mol. The molecule has 0 bridgehead atoms. The molecule has 3 heteroatoms. The van der Waals surface area contributed by atoms with E-state index in [4.69, 9.17) is 0 Å². The SMILES string of the molecule is CC1(C)C(O)CC1NCC1CCCC1CO. The van der Waals surface area contributed by atoms with Crippen LogP contribution >= 0.6 is 0 Å². The van der Waals surface area contributed by atoms with Crippen molar-refractivity contribution >= 4 is 0 Å². The minimum absolute atomic E-state index is 0.0211. The molecule has 2 fully saturated rings. The Kier molecular flexibility index (Phi) is 3.57. The van der Waals surface area contributed by atoms with Gasteiger partial charge in [0.05, 0.1) is 6.10 Å². The van der Waals surface area contributed by atoms with Gasteiger partial charge in [-0.2, -0.15) is 0 Å². The molecule has 16 heavy (non-hydrogen) atoms. The summed E-state index contributed by atoms with van der Waals surface area (Å²) in [6.45, 7) is 5.59. The van der Waals surface area contributed by atoms with Crippen LogP contribution in [0.15, 0.2) is 0 Å². The molecule has 2 saturated carbocycles. The minimum Gasteiger partial charge on any atom is -0.396 e. The van der Waals surface area contributed by atoms with Crippen LogP contribution in [0.5, 0.6) is 0 Å². The van der Waals surface area contributed by atoms with Gasteiger partial charge in [0.25, 0.3) is 0 Å². The Hall–Kier alpha value is -0.120. The van der Waals surface area contributed by atoms with E-state index in [9.17, 15) is 10.2 Å². The van der Waals surface area contributed by atoms with E-state index in [0.29, 0.717) is 24.5 Å². The van der Waals surface area contributed by atoms with Gasteiger partial charge in [0.1, 0.15) is 0 Å². The van der Waals surface area contributed by atoms with Crippen molar-refractivity contribution in [2.24, 2.45) is 17.3 Å². The number of hydrogen-bond donors (Lipinski definition) is 3. The normalized spacial score (nSPS) is 42.0. The van der Waals surface area contributed by atoms with E-state index in [1.165, 1.54) is 19.3 Å². The summed E-state index contributed by atoms with van der Waals surface area (Å²) in [5.41, 5.74) is 0.0211. The van der Waals surface area contributed by atoms with Crippen LogP contribution in [0.4, 0.5) is 0 Å². The molecule has 0 heterocycles. The highest BCUT2D eigenvalue weighted by molar-refractivity contribution is 5.02. The fourth-order valence-electron chi connectivity index (χ4n) is 3.17. The van der Waals surface area contributed by atoms with Crippen molar-refractivity contribution in [2.75, 3.05) is 13.2 Å². The Morgan fingerprint density at radius 2 is 1.94 bits per heavy atom. The van der Waals surface area contributed by atoms with Crippen LogP contribution in [-0.2, 0) is 0 Å². The lowest BCUT2D eigenvalue weighted by molar-refractivity contribution is -0.0737. The van der Waals surface area contributed by atoms with Gasteiger partial charge in [-0.25, -0.2) is 0 Å². The van der Waals surface area contributed by atoms with E-state index in [0.717, 1.165) is 13.0 Å². The summed E-state index contributed by atoms with van der Waals surface area (Å²) in [6, 6.07) is 0.447. The van der Waals surface area contributed by atoms with Gasteiger partial charge in [0.2, 0.25) is 0 Å². The molecule has 0 radical (unpaired) electrons. The molecule has 94 valence electrons. The van der Waals surface area contributed by atoms with Crippen LogP contribution in [0.2, 0.25) is 0 Å². The second-order valence-electron chi connectivity index (χ2n) is 6.17. The van der Waals surface area contributed by atoms with Gasteiger partial charge in [0, 0.05) is 18.1 Å². The van der Waals surface area contributed by atoms with Crippen molar-refractivity contribution in [3.8, 4) is 0 Å². The standard InChI is InChI=1S/C13H25NO2/c1-13(2)11(6-12(13)16)14-7-9-4-3-5-10(9)8-15/h9-12,14-16H,3-8H2,1-2H3. The van der Waals surface area contributed by atoms with E-state index in [1.54, 1.807) is 0 Å². The van der Waals surface area contributed by atoms with Gasteiger partial charge < -0.3 is 15.5 Å². The highest BCUT2D eigenvalue weighted by atomic mass is 16.3. The van der Waals surface area contributed by atoms with E-state index in [1.807, 2.05) is 0 Å². The summed E-state index contributed by atoms with van der Waals surface area (Å²) in [6.07, 6.45) is 4.41. The zero-order valence-corrected chi connectivity index (χ0v) is 10.4. The van der Waals surface area contributed by atoms with Crippen molar-refractivity contribution in [1.82, 2.24) is 5.32 Å². The first-order valence-electron chi connectivity index (χ1n) is 6.58. The van der Waals surface area contributed by atoms with Gasteiger partial charge in [0.15, 0.2) is 0 Å². The summed E-state index contributed by atoms with van der Waals surface area (Å²) >= 11 is 0. The third kappa shape index (κ3) is 2.13. The van der Waals surface area contributed by atoms with Gasteiger partial charge in [-0.1, -0.05) is 20.3 Å². The molecular formula is C13H25NO2. The molecule has 2 aliphatic carbocycles. The Bertz CT molecular complexity index is 240. The Morgan fingerprint density at radius 1 is 1.25 bits per heavy atom. The first-order valence-corrected chi connectivity index (χ1v) is 6.58. The van der Waals surface area contributed by atoms with Crippen molar-refractivity contribution in [2.45, 2.75) is 51.7 Å². The van der Waals surface area contributed by atoms with Gasteiger partial charge >= 0.3 is 0 Å². The van der Waals surface area contributed by atoms with Crippen LogP contribution in [0.25, 0.3) is 0 Å². The average Bonchev–Trinajstić information content (AvgIpc) is 2.71. The quantitative estimate of drug-likeness (QED) is 0.675. The maximum Gasteiger partial charge on any atom is 0.0621 e. The van der Waals surface area contributed by atoms with Crippen molar-refractivity contribution in [3.63, 3.8) is 0 Å². The maximum atomic E-state index is 9.66. The summed E-state index contributed by atoms with van der Waals surface area (Å²) in [4.78, 5) is 0. The zero-order valence-electron chi connectivity index (χ0n) is 10.4. The fourth-order valence-corrected chi connectivity index (χ4v) is 3.17. The molecule has 0 aromatic rings. The summed E-state index contributed by atoms with van der Waals surface area (Å²) in [5, 5.41) is 22.5. The third-order valence-electron chi connectivity index (χ3n) is 4.89. The Labute approximate surface area is 98.2 Å². The summed E-state index contributed by atoms with van der Waals surface area (Å²) in [7, 11) is 0. The zero-order chi connectivity index (χ0) is 11.8. The van der Waals surface area contributed by atoms with Crippen LogP contribution in [0.1, 0.15) is 39.5 Å². The lowest BCUT2D eigenvalue weighted by Crippen LogP contribution is -2.60. The van der Waals surface area contributed by atoms with Crippen molar-refractivity contribution in [3.05, 3.63) is 0 Å². The van der Waals surface area contributed by atoms with E-state index in [-0.39, 0.29) is 11.5 Å². The molecular weight excluding hydrogens is 202 g/mol. The van der Waals surface area contributed by atoms with Crippen LogP contribution in [0, 0.1) is 17.3 Å². The average molecular weight is 227 g/mol. The highest BCUT2D eigenvalue weighted by Gasteiger charge is 2.47. The number of aliphatic hydroxyl groups is 2. The molecule has 0 aliphatic heterocycles. The molecule has 2 aliphatic rings. The van der Waals surface area contributed by atoms with E-state index in [2.05, 4.69) is 19.2 Å². The molecule has 0 spiro atoms. The van der Waals surface area contributed by atoms with E-state index < -0.39 is 0 Å². The molecule has 3 nitrogen and oxygen atoms in total. The molecule has 3 N–H and O–H groups in total. The first kappa shape index (κ1) is 12.3. The third-order valence-corrected chi connectivity index (χ3v) is 4.89. The first-order chi connectivity index (χ1) is 7.55. The largest absolute Gasteiger partial charge is 0.396 e. The van der Waals surface area contributed by atoms with Crippen LogP contribution in [0.3, 0.4) is 0 Å². The molecule has 4 unspecified atom stereocenters. The molecule has 0 amide bonds. The fraction of sp³-hybridized carbons (Fsp3) is 1.00. The van der Waals surface area contributed by atoms with Gasteiger partial charge in [-0.05, 0) is 37.6 Å². The molecule has 0 aromatic heterocycles. The minimum atomic E-state index is -0.151. The van der Waals surface area contributed by atoms with Gasteiger partial charge in [-0.3, -0.25) is 0 Å². The lowest BCUT2D eigenvalue weighted by atomic mass is 9.64. The molecule has 2 rings (SSSR count). The molecule has 0 saturated heterocycles. The number of aliphatic hydroxyl groups excluding tert-OH is 2. The Balaban J connectivity index is 1.76. The second kappa shape index (κ2) is 4.63. The van der Waals surface area contributed by atoms with Crippen LogP contribution < -0.4 is 5.32 Å². The predicted octanol–water partition coefficient (Wildman–Crippen LogP) is 1.14. The highest BCUT2D eigenvalue weighted by Crippen LogP contribution is 2.41. The number of hydrogen-bond acceptors (Lipinski definition) is 3. The van der Waals surface area contributed by atoms with Crippen LogP contribution in [-0.4, -0.2) is 35.5 Å². The van der Waals surface area contributed by atoms with Crippen molar-refractivity contribution in [1.29, 1.82) is 0 Å². The number of nitrogens with one attached hydrogen (secondary N) is 1.